The van der Waals surface area contributed by atoms with E-state index in [0.717, 1.165) is 23.1 Å². The number of aryl methyl sites for hydroxylation is 2. The summed E-state index contributed by atoms with van der Waals surface area (Å²) in [5, 5.41) is 3.58. The predicted octanol–water partition coefficient (Wildman–Crippen LogP) is 3.78. The van der Waals surface area contributed by atoms with E-state index in [4.69, 9.17) is 11.6 Å². The van der Waals surface area contributed by atoms with Crippen molar-refractivity contribution in [2.75, 3.05) is 19.6 Å². The van der Waals surface area contributed by atoms with Crippen LogP contribution < -0.4 is 5.32 Å². The summed E-state index contributed by atoms with van der Waals surface area (Å²) in [5.41, 5.74) is 3.97. The van der Waals surface area contributed by atoms with Crippen molar-refractivity contribution in [1.29, 1.82) is 0 Å². The Hall–Kier alpha value is -2.33. The maximum Gasteiger partial charge on any atom is 0.251 e. The number of hydrogen-bond acceptors (Lipinski definition) is 2. The molecule has 0 spiro atoms. The summed E-state index contributed by atoms with van der Waals surface area (Å²) in [5.74, 6) is -0.126. The molecule has 0 unspecified atom stereocenters. The first kappa shape index (κ1) is 20.0. The van der Waals surface area contributed by atoms with E-state index in [-0.39, 0.29) is 11.8 Å². The molecule has 0 aliphatic carbocycles. The van der Waals surface area contributed by atoms with E-state index in [1.807, 2.05) is 56.3 Å². The van der Waals surface area contributed by atoms with E-state index < -0.39 is 0 Å². The van der Waals surface area contributed by atoms with Crippen molar-refractivity contribution < 1.29 is 9.59 Å². The minimum absolute atomic E-state index is 0.00698. The van der Waals surface area contributed by atoms with Crippen LogP contribution in [-0.4, -0.2) is 36.3 Å². The molecule has 2 rings (SSSR count). The molecule has 2 amide bonds. The third-order valence-corrected chi connectivity index (χ3v) is 4.68. The predicted molar refractivity (Wildman–Crippen MR) is 106 cm³/mol. The molecule has 0 heterocycles. The van der Waals surface area contributed by atoms with Crippen molar-refractivity contribution in [3.05, 3.63) is 69.7 Å². The monoisotopic (exact) mass is 372 g/mol. The second kappa shape index (κ2) is 9.39. The molecule has 0 atom stereocenters. The van der Waals surface area contributed by atoms with Crippen molar-refractivity contribution in [3.63, 3.8) is 0 Å². The van der Waals surface area contributed by atoms with Crippen LogP contribution in [0.15, 0.2) is 42.5 Å². The van der Waals surface area contributed by atoms with Crippen LogP contribution in [0, 0.1) is 13.8 Å². The lowest BCUT2D eigenvalue weighted by Gasteiger charge is -2.21. The average Bonchev–Trinajstić information content (AvgIpc) is 2.59. The van der Waals surface area contributed by atoms with Crippen LogP contribution in [0.25, 0.3) is 0 Å². The molecule has 0 bridgehead atoms. The Morgan fingerprint density at radius 3 is 2.46 bits per heavy atom. The minimum Gasteiger partial charge on any atom is -0.350 e. The Kier molecular flexibility index (Phi) is 7.22. The van der Waals surface area contributed by atoms with Gasteiger partial charge in [-0.1, -0.05) is 29.8 Å². The summed E-state index contributed by atoms with van der Waals surface area (Å²) in [6.45, 7) is 7.03. The minimum atomic E-state index is -0.119. The van der Waals surface area contributed by atoms with Gasteiger partial charge in [-0.25, -0.2) is 0 Å². The first-order valence-corrected chi connectivity index (χ1v) is 9.10. The van der Waals surface area contributed by atoms with Crippen molar-refractivity contribution in [1.82, 2.24) is 10.2 Å². The third-order valence-electron chi connectivity index (χ3n) is 4.44. The summed E-state index contributed by atoms with van der Waals surface area (Å²) in [6, 6.07) is 13.3. The van der Waals surface area contributed by atoms with Gasteiger partial charge < -0.3 is 10.2 Å². The fourth-order valence-electron chi connectivity index (χ4n) is 2.67. The number of nitrogens with zero attached hydrogens (tertiary/aromatic N) is 1. The van der Waals surface area contributed by atoms with Crippen LogP contribution in [0.4, 0.5) is 0 Å². The van der Waals surface area contributed by atoms with Crippen molar-refractivity contribution >= 4 is 23.4 Å². The summed E-state index contributed by atoms with van der Waals surface area (Å²) >= 11 is 5.99. The molecule has 138 valence electrons. The summed E-state index contributed by atoms with van der Waals surface area (Å²) < 4.78 is 0. The number of hydrogen-bond donors (Lipinski definition) is 1. The van der Waals surface area contributed by atoms with Gasteiger partial charge in [-0.3, -0.25) is 9.59 Å². The summed E-state index contributed by atoms with van der Waals surface area (Å²) in [6.07, 6.45) is 0.727. The molecule has 2 aromatic carbocycles. The highest BCUT2D eigenvalue weighted by atomic mass is 35.5. The molecule has 0 aliphatic heterocycles. The Labute approximate surface area is 160 Å². The molecule has 0 saturated carbocycles. The molecule has 1 N–H and O–H groups in total. The largest absolute Gasteiger partial charge is 0.350 e. The average molecular weight is 373 g/mol. The molecule has 5 heteroatoms. The number of amides is 2. The number of rotatable bonds is 7. The van der Waals surface area contributed by atoms with Crippen LogP contribution in [0.5, 0.6) is 0 Å². The Bertz CT molecular complexity index is 789. The third kappa shape index (κ3) is 5.88. The van der Waals surface area contributed by atoms with Crippen molar-refractivity contribution in [3.8, 4) is 0 Å². The fourth-order valence-corrected chi connectivity index (χ4v) is 2.89. The number of carbonyl (C=O) groups is 2. The highest BCUT2D eigenvalue weighted by molar-refractivity contribution is 6.30. The van der Waals surface area contributed by atoms with E-state index in [1.54, 1.807) is 11.8 Å². The molecule has 0 saturated heterocycles. The number of halogens is 1. The van der Waals surface area contributed by atoms with Crippen molar-refractivity contribution in [2.45, 2.75) is 27.2 Å². The zero-order valence-corrected chi connectivity index (χ0v) is 16.3. The van der Waals surface area contributed by atoms with Gasteiger partial charge in [0.25, 0.3) is 5.91 Å². The topological polar surface area (TPSA) is 49.4 Å². The van der Waals surface area contributed by atoms with Gasteiger partial charge in [0.15, 0.2) is 0 Å². The van der Waals surface area contributed by atoms with Gasteiger partial charge in [0, 0.05) is 37.1 Å². The maximum atomic E-state index is 12.2. The molecular formula is C21H25ClN2O2. The molecule has 0 radical (unpaired) electrons. The second-order valence-electron chi connectivity index (χ2n) is 6.44. The van der Waals surface area contributed by atoms with Gasteiger partial charge in [-0.2, -0.15) is 0 Å². The van der Waals surface area contributed by atoms with E-state index >= 15 is 0 Å². The number of carbonyl (C=O) groups excluding carboxylic acids is 2. The zero-order chi connectivity index (χ0) is 19.1. The molecule has 0 fully saturated rings. The van der Waals surface area contributed by atoms with Gasteiger partial charge in [-0.15, -0.1) is 0 Å². The van der Waals surface area contributed by atoms with E-state index in [9.17, 15) is 9.59 Å². The molecule has 4 nitrogen and oxygen atoms in total. The summed E-state index contributed by atoms with van der Waals surface area (Å²) in [7, 11) is 0. The first-order chi connectivity index (χ1) is 12.4. The number of benzene rings is 2. The van der Waals surface area contributed by atoms with Gasteiger partial charge in [0.2, 0.25) is 5.91 Å². The molecule has 0 aliphatic rings. The SMILES string of the molecule is CC(=O)N(CCNC(=O)c1ccc(C)c(C)c1)CCc1cccc(Cl)c1. The highest BCUT2D eigenvalue weighted by Crippen LogP contribution is 2.12. The van der Waals surface area contributed by atoms with Crippen LogP contribution in [-0.2, 0) is 11.2 Å². The van der Waals surface area contributed by atoms with Crippen LogP contribution in [0.3, 0.4) is 0 Å². The van der Waals surface area contributed by atoms with Crippen LogP contribution in [0.2, 0.25) is 5.02 Å². The number of nitrogens with one attached hydrogen (secondary N) is 1. The smallest absolute Gasteiger partial charge is 0.251 e. The maximum absolute atomic E-state index is 12.2. The summed E-state index contributed by atoms with van der Waals surface area (Å²) in [4.78, 5) is 25.8. The van der Waals surface area contributed by atoms with E-state index in [2.05, 4.69) is 5.32 Å². The van der Waals surface area contributed by atoms with Gasteiger partial charge in [0.05, 0.1) is 0 Å². The zero-order valence-electron chi connectivity index (χ0n) is 15.5. The van der Waals surface area contributed by atoms with Crippen molar-refractivity contribution in [2.24, 2.45) is 0 Å². The Balaban J connectivity index is 1.85. The fraction of sp³-hybridized carbons (Fsp3) is 0.333. The van der Waals surface area contributed by atoms with Gasteiger partial charge in [0.1, 0.15) is 0 Å². The lowest BCUT2D eigenvalue weighted by atomic mass is 10.1. The van der Waals surface area contributed by atoms with Crippen LogP contribution >= 0.6 is 11.6 Å². The normalized spacial score (nSPS) is 10.5. The standard InChI is InChI=1S/C21H25ClN2O2/c1-15-7-8-19(13-16(15)2)21(26)23-10-12-24(17(3)25)11-9-18-5-4-6-20(22)14-18/h4-8,13-14H,9-12H2,1-3H3,(H,23,26). The van der Waals surface area contributed by atoms with Gasteiger partial charge in [-0.05, 0) is 61.2 Å². The highest BCUT2D eigenvalue weighted by Gasteiger charge is 2.11. The quantitative estimate of drug-likeness (QED) is 0.804. The Morgan fingerprint density at radius 2 is 1.81 bits per heavy atom. The van der Waals surface area contributed by atoms with E-state index in [1.165, 1.54) is 0 Å². The van der Waals surface area contributed by atoms with E-state index in [0.29, 0.717) is 30.2 Å². The second-order valence-corrected chi connectivity index (χ2v) is 6.88. The molecular weight excluding hydrogens is 348 g/mol. The molecule has 0 aromatic heterocycles. The lowest BCUT2D eigenvalue weighted by molar-refractivity contribution is -0.128. The molecule has 2 aromatic rings. The Morgan fingerprint density at radius 1 is 1.04 bits per heavy atom. The van der Waals surface area contributed by atoms with Crippen LogP contribution in [0.1, 0.15) is 34.0 Å². The van der Waals surface area contributed by atoms with Gasteiger partial charge >= 0.3 is 0 Å². The molecule has 26 heavy (non-hydrogen) atoms. The first-order valence-electron chi connectivity index (χ1n) is 8.72. The lowest BCUT2D eigenvalue weighted by Crippen LogP contribution is -2.38.